The second-order valence-corrected chi connectivity index (χ2v) is 8.05. The van der Waals surface area contributed by atoms with Gasteiger partial charge in [0.2, 0.25) is 5.13 Å². The van der Waals surface area contributed by atoms with E-state index in [1.165, 1.54) is 42.8 Å². The van der Waals surface area contributed by atoms with E-state index < -0.39 is 0 Å². The Labute approximate surface area is 144 Å². The summed E-state index contributed by atoms with van der Waals surface area (Å²) < 4.78 is 6.16. The Morgan fingerprint density at radius 3 is 2.88 bits per heavy atom. The van der Waals surface area contributed by atoms with Gasteiger partial charge in [0.25, 0.3) is 5.56 Å². The minimum atomic E-state index is 0.0565. The van der Waals surface area contributed by atoms with Gasteiger partial charge in [-0.15, -0.1) is 0 Å². The maximum atomic E-state index is 12.3. The van der Waals surface area contributed by atoms with Crippen LogP contribution in [0.3, 0.4) is 0 Å². The normalized spacial score (nSPS) is 20.8. The summed E-state index contributed by atoms with van der Waals surface area (Å²) in [5.41, 5.74) is 2.36. The molecule has 1 saturated heterocycles. The highest BCUT2D eigenvalue weighted by Gasteiger charge is 2.33. The maximum Gasteiger partial charge on any atom is 0.267 e. The lowest BCUT2D eigenvalue weighted by Gasteiger charge is -2.38. The molecule has 0 bridgehead atoms. The van der Waals surface area contributed by atoms with Crippen LogP contribution in [0.25, 0.3) is 0 Å². The Morgan fingerprint density at radius 2 is 2.04 bits per heavy atom. The summed E-state index contributed by atoms with van der Waals surface area (Å²) in [5, 5.41) is 5.67. The molecule has 0 radical (unpaired) electrons. The van der Waals surface area contributed by atoms with E-state index in [4.69, 9.17) is 0 Å². The van der Waals surface area contributed by atoms with Gasteiger partial charge in [0, 0.05) is 42.5 Å². The lowest BCUT2D eigenvalue weighted by molar-refractivity contribution is 0.331. The van der Waals surface area contributed by atoms with Gasteiger partial charge in [-0.1, -0.05) is 0 Å². The van der Waals surface area contributed by atoms with Gasteiger partial charge in [0.05, 0.1) is 12.2 Å². The minimum Gasteiger partial charge on any atom is -0.346 e. The fourth-order valence-electron chi connectivity index (χ4n) is 3.68. The van der Waals surface area contributed by atoms with E-state index in [9.17, 15) is 4.79 Å². The number of anilines is 1. The first-order valence-electron chi connectivity index (χ1n) is 8.95. The predicted molar refractivity (Wildman–Crippen MR) is 92.7 cm³/mol. The van der Waals surface area contributed by atoms with Gasteiger partial charge in [-0.25, -0.2) is 9.67 Å². The fourth-order valence-corrected chi connectivity index (χ4v) is 4.44. The van der Waals surface area contributed by atoms with Crippen molar-refractivity contribution < 1.29 is 0 Å². The van der Waals surface area contributed by atoms with Crippen LogP contribution in [0.4, 0.5) is 5.13 Å². The quantitative estimate of drug-likeness (QED) is 0.849. The van der Waals surface area contributed by atoms with E-state index in [1.54, 1.807) is 4.68 Å². The van der Waals surface area contributed by atoms with Crippen LogP contribution in [0.5, 0.6) is 0 Å². The van der Waals surface area contributed by atoms with Crippen molar-refractivity contribution in [3.05, 3.63) is 33.5 Å². The number of fused-ring (bicyclic) bond motifs is 1. The number of aryl methyl sites for hydroxylation is 2. The lowest BCUT2D eigenvalue weighted by atomic mass is 9.97. The SMILES string of the molecule is O=c1cc2c(nn1CC1CN(c3nc(C4CC4)ns3)C1)CCCC2. The molecule has 2 aliphatic carbocycles. The molecule has 126 valence electrons. The second-order valence-electron chi connectivity index (χ2n) is 7.32. The van der Waals surface area contributed by atoms with Crippen LogP contribution in [0, 0.1) is 5.92 Å². The van der Waals surface area contributed by atoms with Gasteiger partial charge in [0.15, 0.2) is 0 Å². The highest BCUT2D eigenvalue weighted by molar-refractivity contribution is 7.09. The molecule has 5 rings (SSSR count). The molecule has 2 aromatic heterocycles. The van der Waals surface area contributed by atoms with Crippen molar-refractivity contribution in [1.82, 2.24) is 19.1 Å². The van der Waals surface area contributed by atoms with Crippen molar-refractivity contribution in [2.45, 2.75) is 51.0 Å². The molecule has 0 amide bonds. The summed E-state index contributed by atoms with van der Waals surface area (Å²) in [6.07, 6.45) is 6.88. The molecule has 3 aliphatic rings. The van der Waals surface area contributed by atoms with Gasteiger partial charge in [-0.05, 0) is 44.1 Å². The summed E-state index contributed by atoms with van der Waals surface area (Å²) in [6.45, 7) is 2.62. The van der Waals surface area contributed by atoms with Crippen molar-refractivity contribution >= 4 is 16.7 Å². The molecule has 0 aromatic carbocycles. The number of aromatic nitrogens is 4. The highest BCUT2D eigenvalue weighted by Crippen LogP contribution is 2.40. The molecule has 0 spiro atoms. The Bertz CT molecular complexity index is 819. The van der Waals surface area contributed by atoms with Crippen LogP contribution in [-0.4, -0.2) is 32.2 Å². The van der Waals surface area contributed by atoms with Crippen molar-refractivity contribution in [1.29, 1.82) is 0 Å². The van der Waals surface area contributed by atoms with E-state index in [0.29, 0.717) is 11.8 Å². The van der Waals surface area contributed by atoms with Crippen LogP contribution >= 0.6 is 11.5 Å². The number of rotatable bonds is 4. The number of hydrogen-bond donors (Lipinski definition) is 0. The van der Waals surface area contributed by atoms with Crippen molar-refractivity contribution in [2.75, 3.05) is 18.0 Å². The van der Waals surface area contributed by atoms with E-state index in [2.05, 4.69) is 19.4 Å². The molecule has 3 heterocycles. The highest BCUT2D eigenvalue weighted by atomic mass is 32.1. The molecule has 0 N–H and O–H groups in total. The van der Waals surface area contributed by atoms with Crippen LogP contribution in [-0.2, 0) is 19.4 Å². The van der Waals surface area contributed by atoms with Gasteiger partial charge < -0.3 is 4.90 Å². The molecular formula is C17H21N5OS. The molecule has 6 nitrogen and oxygen atoms in total. The smallest absolute Gasteiger partial charge is 0.267 e. The third-order valence-corrected chi connectivity index (χ3v) is 6.10. The molecule has 0 unspecified atom stereocenters. The Morgan fingerprint density at radius 1 is 1.21 bits per heavy atom. The van der Waals surface area contributed by atoms with Gasteiger partial charge in [-0.2, -0.15) is 9.47 Å². The average Bonchev–Trinajstić information content (AvgIpc) is 3.29. The molecule has 7 heteroatoms. The maximum absolute atomic E-state index is 12.3. The lowest BCUT2D eigenvalue weighted by Crippen LogP contribution is -2.49. The van der Waals surface area contributed by atoms with Crippen molar-refractivity contribution in [3.8, 4) is 0 Å². The van der Waals surface area contributed by atoms with E-state index in [1.807, 2.05) is 6.07 Å². The monoisotopic (exact) mass is 343 g/mol. The van der Waals surface area contributed by atoms with Crippen LogP contribution in [0.15, 0.2) is 10.9 Å². The summed E-state index contributed by atoms with van der Waals surface area (Å²) in [5.74, 6) is 2.13. The molecule has 2 fully saturated rings. The first kappa shape index (κ1) is 14.6. The second kappa shape index (κ2) is 5.65. The Hall–Kier alpha value is -1.76. The molecule has 1 aliphatic heterocycles. The number of nitrogens with zero attached hydrogens (tertiary/aromatic N) is 5. The zero-order valence-corrected chi connectivity index (χ0v) is 14.5. The standard InChI is InChI=1S/C17H21N5OS/c23-15-7-13-3-1-2-4-14(13)19-22(15)10-11-8-21(9-11)17-18-16(20-24-17)12-5-6-12/h7,11-12H,1-6,8-10H2. The van der Waals surface area contributed by atoms with Gasteiger partial charge >= 0.3 is 0 Å². The number of hydrogen-bond acceptors (Lipinski definition) is 6. The third kappa shape index (κ3) is 2.64. The first-order chi connectivity index (χ1) is 11.8. The largest absolute Gasteiger partial charge is 0.346 e. The third-order valence-electron chi connectivity index (χ3n) is 5.31. The van der Waals surface area contributed by atoms with Gasteiger partial charge in [-0.3, -0.25) is 4.79 Å². The molecule has 0 atom stereocenters. The molecule has 1 saturated carbocycles. The Kier molecular flexibility index (Phi) is 3.43. The molecule has 24 heavy (non-hydrogen) atoms. The first-order valence-corrected chi connectivity index (χ1v) is 9.72. The zero-order valence-electron chi connectivity index (χ0n) is 13.6. The van der Waals surface area contributed by atoms with E-state index in [-0.39, 0.29) is 5.56 Å². The van der Waals surface area contributed by atoms with Crippen LogP contribution in [0.2, 0.25) is 0 Å². The van der Waals surface area contributed by atoms with E-state index in [0.717, 1.165) is 49.1 Å². The van der Waals surface area contributed by atoms with Crippen LogP contribution < -0.4 is 10.5 Å². The van der Waals surface area contributed by atoms with E-state index >= 15 is 0 Å². The summed E-state index contributed by atoms with van der Waals surface area (Å²) >= 11 is 1.51. The summed E-state index contributed by atoms with van der Waals surface area (Å²) in [7, 11) is 0. The average molecular weight is 343 g/mol. The van der Waals surface area contributed by atoms with Crippen LogP contribution in [0.1, 0.15) is 48.7 Å². The summed E-state index contributed by atoms with van der Waals surface area (Å²) in [6, 6.07) is 1.81. The zero-order chi connectivity index (χ0) is 16.1. The predicted octanol–water partition coefficient (Wildman–Crippen LogP) is 1.99. The topological polar surface area (TPSA) is 63.9 Å². The summed E-state index contributed by atoms with van der Waals surface area (Å²) in [4.78, 5) is 19.2. The molecule has 2 aromatic rings. The van der Waals surface area contributed by atoms with Crippen molar-refractivity contribution in [3.63, 3.8) is 0 Å². The molecular weight excluding hydrogens is 322 g/mol. The van der Waals surface area contributed by atoms with Crippen molar-refractivity contribution in [2.24, 2.45) is 5.92 Å². The fraction of sp³-hybridized carbons (Fsp3) is 0.647. The van der Waals surface area contributed by atoms with Gasteiger partial charge in [0.1, 0.15) is 5.82 Å². The minimum absolute atomic E-state index is 0.0565. The Balaban J connectivity index is 1.24.